The van der Waals surface area contributed by atoms with E-state index in [1.807, 2.05) is 0 Å². The van der Waals surface area contributed by atoms with Gasteiger partial charge in [-0.05, 0) is 32.0 Å². The van der Waals surface area contributed by atoms with Crippen LogP contribution in [0.5, 0.6) is 23.0 Å². The zero-order chi connectivity index (χ0) is 17.9. The van der Waals surface area contributed by atoms with Gasteiger partial charge in [0.05, 0.1) is 32.7 Å². The highest BCUT2D eigenvalue weighted by atomic mass is 35.5. The number of nitrogens with one attached hydrogen (secondary N) is 1. The lowest BCUT2D eigenvalue weighted by atomic mass is 10.1. The molecule has 0 saturated carbocycles. The zero-order valence-electron chi connectivity index (χ0n) is 14.7. The molecular formula is C17H21ClN2O5. The predicted molar refractivity (Wildman–Crippen MR) is 96.7 cm³/mol. The number of aromatic hydroxyl groups is 1. The molecule has 1 aromatic heterocycles. The van der Waals surface area contributed by atoms with Crippen molar-refractivity contribution in [2.75, 3.05) is 26.6 Å². The van der Waals surface area contributed by atoms with Crippen molar-refractivity contribution in [3.8, 4) is 23.0 Å². The summed E-state index contributed by atoms with van der Waals surface area (Å²) >= 11 is 0. The molecule has 2 aromatic rings. The summed E-state index contributed by atoms with van der Waals surface area (Å²) < 4.78 is 15.7. The number of pyridine rings is 1. The van der Waals surface area contributed by atoms with Crippen LogP contribution in [0.4, 0.5) is 5.69 Å². The molecule has 2 rings (SSSR count). The Labute approximate surface area is 152 Å². The first-order valence-corrected chi connectivity index (χ1v) is 7.19. The monoisotopic (exact) mass is 368 g/mol. The van der Waals surface area contributed by atoms with Crippen LogP contribution in [0.15, 0.2) is 18.2 Å². The Morgan fingerprint density at radius 1 is 1.04 bits per heavy atom. The highest BCUT2D eigenvalue weighted by Crippen LogP contribution is 2.38. The number of aryl methyl sites for hydroxylation is 2. The number of carbonyl (C=O) groups excluding carboxylic acids is 1. The molecule has 2 N–H and O–H groups in total. The number of carbonyl (C=O) groups is 1. The number of benzene rings is 1. The standard InChI is InChI=1S/C17H20N2O5.ClH/c1-9-6-12(15(20)10(2)18-9)19-17(21)11-7-13(22-3)16(24-5)14(8-11)23-4;/h6-8,20H,1-5H3,(H,18,19,21);1H. The summed E-state index contributed by atoms with van der Waals surface area (Å²) in [5.41, 5.74) is 1.72. The van der Waals surface area contributed by atoms with Crippen molar-refractivity contribution in [3.63, 3.8) is 0 Å². The van der Waals surface area contributed by atoms with Crippen molar-refractivity contribution < 1.29 is 24.1 Å². The van der Waals surface area contributed by atoms with E-state index in [2.05, 4.69) is 10.3 Å². The van der Waals surface area contributed by atoms with E-state index in [9.17, 15) is 9.90 Å². The van der Waals surface area contributed by atoms with E-state index in [0.29, 0.717) is 39.9 Å². The summed E-state index contributed by atoms with van der Waals surface area (Å²) in [6.45, 7) is 3.44. The Morgan fingerprint density at radius 2 is 1.60 bits per heavy atom. The van der Waals surface area contributed by atoms with Gasteiger partial charge in [0.15, 0.2) is 17.2 Å². The lowest BCUT2D eigenvalue weighted by Gasteiger charge is -2.14. The maximum absolute atomic E-state index is 12.5. The van der Waals surface area contributed by atoms with Crippen LogP contribution in [0.1, 0.15) is 21.7 Å². The maximum atomic E-state index is 12.5. The minimum atomic E-state index is -0.422. The van der Waals surface area contributed by atoms with Gasteiger partial charge in [-0.3, -0.25) is 9.78 Å². The summed E-state index contributed by atoms with van der Waals surface area (Å²) in [5, 5.41) is 12.7. The largest absolute Gasteiger partial charge is 0.504 e. The summed E-state index contributed by atoms with van der Waals surface area (Å²) in [6.07, 6.45) is 0. The molecule has 0 aliphatic rings. The second-order valence-corrected chi connectivity index (χ2v) is 5.11. The number of hydrogen-bond donors (Lipinski definition) is 2. The molecule has 0 fully saturated rings. The highest BCUT2D eigenvalue weighted by molar-refractivity contribution is 6.05. The number of ether oxygens (including phenoxy) is 3. The fraction of sp³-hybridized carbons (Fsp3) is 0.294. The molecule has 136 valence electrons. The van der Waals surface area contributed by atoms with Crippen LogP contribution < -0.4 is 19.5 Å². The minimum Gasteiger partial charge on any atom is -0.504 e. The molecule has 0 unspecified atom stereocenters. The fourth-order valence-corrected chi connectivity index (χ4v) is 2.32. The van der Waals surface area contributed by atoms with Gasteiger partial charge in [-0.15, -0.1) is 12.4 Å². The topological polar surface area (TPSA) is 89.9 Å². The molecule has 1 aromatic carbocycles. The van der Waals surface area contributed by atoms with E-state index in [-0.39, 0.29) is 18.2 Å². The van der Waals surface area contributed by atoms with Gasteiger partial charge >= 0.3 is 0 Å². The molecular weight excluding hydrogens is 348 g/mol. The lowest BCUT2D eigenvalue weighted by molar-refractivity contribution is 0.102. The van der Waals surface area contributed by atoms with Gasteiger partial charge in [0.2, 0.25) is 5.75 Å². The molecule has 0 saturated heterocycles. The van der Waals surface area contributed by atoms with Crippen LogP contribution in [0.3, 0.4) is 0 Å². The molecule has 0 radical (unpaired) electrons. The third kappa shape index (κ3) is 4.24. The zero-order valence-corrected chi connectivity index (χ0v) is 15.5. The number of anilines is 1. The first-order valence-electron chi connectivity index (χ1n) is 7.19. The van der Waals surface area contributed by atoms with Crippen molar-refractivity contribution in [2.24, 2.45) is 0 Å². The van der Waals surface area contributed by atoms with Gasteiger partial charge in [0.1, 0.15) is 0 Å². The number of amides is 1. The third-order valence-electron chi connectivity index (χ3n) is 3.47. The molecule has 7 nitrogen and oxygen atoms in total. The molecule has 1 heterocycles. The second kappa shape index (κ2) is 8.43. The minimum absolute atomic E-state index is 0. The summed E-state index contributed by atoms with van der Waals surface area (Å²) in [6, 6.07) is 4.67. The van der Waals surface area contributed by atoms with Crippen molar-refractivity contribution in [3.05, 3.63) is 35.2 Å². The fourth-order valence-electron chi connectivity index (χ4n) is 2.32. The molecule has 0 spiro atoms. The maximum Gasteiger partial charge on any atom is 0.256 e. The van der Waals surface area contributed by atoms with E-state index in [0.717, 1.165) is 0 Å². The highest BCUT2D eigenvalue weighted by Gasteiger charge is 2.18. The molecule has 0 aliphatic heterocycles. The first kappa shape index (κ1) is 20.4. The van der Waals surface area contributed by atoms with Gasteiger partial charge in [0.25, 0.3) is 5.91 Å². The first-order chi connectivity index (χ1) is 11.4. The van der Waals surface area contributed by atoms with E-state index in [1.54, 1.807) is 19.9 Å². The number of methoxy groups -OCH3 is 3. The lowest BCUT2D eigenvalue weighted by Crippen LogP contribution is -2.13. The Kier molecular flexibility index (Phi) is 6.87. The van der Waals surface area contributed by atoms with Crippen LogP contribution >= 0.6 is 12.4 Å². The van der Waals surface area contributed by atoms with Gasteiger partial charge in [-0.2, -0.15) is 0 Å². The van der Waals surface area contributed by atoms with Crippen molar-refractivity contribution in [1.29, 1.82) is 0 Å². The van der Waals surface area contributed by atoms with Crippen molar-refractivity contribution in [2.45, 2.75) is 13.8 Å². The van der Waals surface area contributed by atoms with Crippen LogP contribution in [0.25, 0.3) is 0 Å². The normalized spacial score (nSPS) is 9.80. The van der Waals surface area contributed by atoms with Gasteiger partial charge in [-0.1, -0.05) is 0 Å². The predicted octanol–water partition coefficient (Wildman–Crippen LogP) is 3.10. The molecule has 0 aliphatic carbocycles. The molecule has 25 heavy (non-hydrogen) atoms. The summed E-state index contributed by atoms with van der Waals surface area (Å²) in [4.78, 5) is 16.7. The molecule has 1 amide bonds. The molecule has 8 heteroatoms. The Balaban J connectivity index is 0.00000312. The van der Waals surface area contributed by atoms with E-state index in [4.69, 9.17) is 14.2 Å². The summed E-state index contributed by atoms with van der Waals surface area (Å²) in [7, 11) is 4.43. The van der Waals surface area contributed by atoms with E-state index >= 15 is 0 Å². The van der Waals surface area contributed by atoms with Gasteiger partial charge in [-0.25, -0.2) is 0 Å². The van der Waals surface area contributed by atoms with Crippen molar-refractivity contribution >= 4 is 24.0 Å². The second-order valence-electron chi connectivity index (χ2n) is 5.11. The number of rotatable bonds is 5. The summed E-state index contributed by atoms with van der Waals surface area (Å²) in [5.74, 6) is 0.646. The van der Waals surface area contributed by atoms with Gasteiger partial charge < -0.3 is 24.6 Å². The molecule has 0 atom stereocenters. The number of hydrogen-bond acceptors (Lipinski definition) is 6. The van der Waals surface area contributed by atoms with E-state index in [1.165, 1.54) is 33.5 Å². The quantitative estimate of drug-likeness (QED) is 0.842. The Hall–Kier alpha value is -2.67. The number of aromatic nitrogens is 1. The van der Waals surface area contributed by atoms with Gasteiger partial charge in [0, 0.05) is 11.3 Å². The number of nitrogens with zero attached hydrogens (tertiary/aromatic N) is 1. The van der Waals surface area contributed by atoms with E-state index < -0.39 is 5.91 Å². The average molecular weight is 369 g/mol. The van der Waals surface area contributed by atoms with Crippen LogP contribution in [-0.2, 0) is 0 Å². The van der Waals surface area contributed by atoms with Crippen LogP contribution in [-0.4, -0.2) is 37.3 Å². The SMILES string of the molecule is COc1cc(C(=O)Nc2cc(C)nc(C)c2O)cc(OC)c1OC.Cl. The van der Waals surface area contributed by atoms with Crippen LogP contribution in [0.2, 0.25) is 0 Å². The Morgan fingerprint density at radius 3 is 2.08 bits per heavy atom. The van der Waals surface area contributed by atoms with Crippen LogP contribution in [0, 0.1) is 13.8 Å². The van der Waals surface area contributed by atoms with Crippen molar-refractivity contribution in [1.82, 2.24) is 4.98 Å². The molecule has 0 bridgehead atoms. The Bertz CT molecular complexity index is 755. The average Bonchev–Trinajstić information content (AvgIpc) is 2.57. The smallest absolute Gasteiger partial charge is 0.256 e. The number of halogens is 1. The third-order valence-corrected chi connectivity index (χ3v) is 3.47.